The first-order valence-electron chi connectivity index (χ1n) is 9.50. The van der Waals surface area contributed by atoms with Crippen molar-refractivity contribution in [2.75, 3.05) is 38.6 Å². The maximum absolute atomic E-state index is 11.8. The van der Waals surface area contributed by atoms with Crippen molar-refractivity contribution in [3.8, 4) is 12.8 Å². The Morgan fingerprint density at radius 1 is 1.34 bits per heavy atom. The van der Waals surface area contributed by atoms with E-state index in [1.807, 2.05) is 18.0 Å². The Balaban J connectivity index is 0.00000116. The van der Waals surface area contributed by atoms with E-state index < -0.39 is 0 Å². The number of aryl methyl sites for hydroxylation is 1. The average Bonchev–Trinajstić information content (AvgIpc) is 2.70. The molecule has 0 spiro atoms. The summed E-state index contributed by atoms with van der Waals surface area (Å²) in [7, 11) is 4.02. The van der Waals surface area contributed by atoms with Crippen molar-refractivity contribution in [3.05, 3.63) is 48.2 Å². The summed E-state index contributed by atoms with van der Waals surface area (Å²) in [5, 5.41) is 3.15. The first kappa shape index (κ1) is 26.0. The molecule has 0 aliphatic carbocycles. The molecule has 6 heteroatoms. The van der Waals surface area contributed by atoms with Crippen molar-refractivity contribution in [3.63, 3.8) is 0 Å². The molecule has 1 heterocycles. The summed E-state index contributed by atoms with van der Waals surface area (Å²) in [5.41, 5.74) is 9.03. The van der Waals surface area contributed by atoms with Crippen molar-refractivity contribution < 1.29 is 9.59 Å². The number of primary amides is 1. The van der Waals surface area contributed by atoms with Gasteiger partial charge < -0.3 is 20.9 Å². The monoisotopic (exact) mass is 398 g/mol. The highest BCUT2D eigenvalue weighted by Crippen LogP contribution is 2.30. The Hall–Kier alpha value is -3.04. The van der Waals surface area contributed by atoms with Crippen LogP contribution in [-0.2, 0) is 16.0 Å². The van der Waals surface area contributed by atoms with Gasteiger partial charge in [0.1, 0.15) is 0 Å². The fourth-order valence-electron chi connectivity index (χ4n) is 2.94. The summed E-state index contributed by atoms with van der Waals surface area (Å²) in [6.07, 6.45) is 14.1. The predicted molar refractivity (Wildman–Crippen MR) is 122 cm³/mol. The molecule has 6 nitrogen and oxygen atoms in total. The molecule has 0 bridgehead atoms. The number of likely N-dealkylation sites (N-methyl/N-ethyl adjacent to an activating group) is 2. The number of nitrogens with one attached hydrogen (secondary N) is 1. The molecule has 158 valence electrons. The molecule has 2 rings (SSSR count). The van der Waals surface area contributed by atoms with Gasteiger partial charge in [-0.2, -0.15) is 0 Å². The minimum Gasteiger partial charge on any atom is -0.379 e. The SMILES string of the molecule is C#C.C=C/C(=C\N(C)CCNC)c1ccc2c(c1)CCCN2C(C)=O.CC(N)=O. The molecule has 3 N–H and O–H groups in total. The molecule has 29 heavy (non-hydrogen) atoms. The Morgan fingerprint density at radius 3 is 2.48 bits per heavy atom. The van der Waals surface area contributed by atoms with Crippen LogP contribution in [0.3, 0.4) is 0 Å². The summed E-state index contributed by atoms with van der Waals surface area (Å²) >= 11 is 0. The summed E-state index contributed by atoms with van der Waals surface area (Å²) in [4.78, 5) is 25.0. The molecule has 1 aromatic carbocycles. The number of nitrogens with two attached hydrogens (primary N) is 1. The smallest absolute Gasteiger partial charge is 0.223 e. The van der Waals surface area contributed by atoms with Gasteiger partial charge in [-0.15, -0.1) is 12.8 Å². The van der Waals surface area contributed by atoms with E-state index in [1.54, 1.807) is 6.92 Å². The van der Waals surface area contributed by atoms with Crippen LogP contribution in [0.15, 0.2) is 37.1 Å². The zero-order valence-electron chi connectivity index (χ0n) is 18.1. The maximum Gasteiger partial charge on any atom is 0.223 e. The van der Waals surface area contributed by atoms with Crippen LogP contribution in [0.5, 0.6) is 0 Å². The number of benzene rings is 1. The van der Waals surface area contributed by atoms with Crippen molar-refractivity contribution >= 4 is 23.1 Å². The molecular weight excluding hydrogens is 364 g/mol. The number of carbonyl (C=O) groups excluding carboxylic acids is 2. The van der Waals surface area contributed by atoms with E-state index in [2.05, 4.69) is 66.8 Å². The van der Waals surface area contributed by atoms with Crippen LogP contribution in [0.25, 0.3) is 5.57 Å². The van der Waals surface area contributed by atoms with Crippen LogP contribution in [0.2, 0.25) is 0 Å². The standard InChI is InChI=1S/C19H27N3O.C2H5NO.C2H2/c1-5-16(14-21(4)12-10-20-3)17-8-9-19-18(13-17)7-6-11-22(19)15(2)23;1-2(3)4;1-2/h5,8-9,13-14,20H,1,6-7,10-12H2,2-4H3;1H3,(H2,3,4);1-2H/b16-14+;;. The minimum absolute atomic E-state index is 0.116. The third-order valence-electron chi connectivity index (χ3n) is 4.21. The highest BCUT2D eigenvalue weighted by Gasteiger charge is 2.20. The largest absolute Gasteiger partial charge is 0.379 e. The van der Waals surface area contributed by atoms with Crippen LogP contribution in [0, 0.1) is 12.8 Å². The Bertz CT molecular complexity index is 734. The molecule has 0 radical (unpaired) electrons. The Labute approximate surface area is 175 Å². The average molecular weight is 399 g/mol. The highest BCUT2D eigenvalue weighted by molar-refractivity contribution is 5.93. The molecule has 0 fully saturated rings. The van der Waals surface area contributed by atoms with Gasteiger partial charge in [-0.3, -0.25) is 9.59 Å². The van der Waals surface area contributed by atoms with E-state index in [0.717, 1.165) is 49.3 Å². The summed E-state index contributed by atoms with van der Waals surface area (Å²) < 4.78 is 0. The lowest BCUT2D eigenvalue weighted by molar-refractivity contribution is -0.117. The summed E-state index contributed by atoms with van der Waals surface area (Å²) in [5.74, 6) is -0.218. The van der Waals surface area contributed by atoms with Gasteiger partial charge in [-0.1, -0.05) is 18.7 Å². The van der Waals surface area contributed by atoms with E-state index in [1.165, 1.54) is 12.5 Å². The topological polar surface area (TPSA) is 78.7 Å². The van der Waals surface area contributed by atoms with Gasteiger partial charge in [-0.25, -0.2) is 0 Å². The third-order valence-corrected chi connectivity index (χ3v) is 4.21. The van der Waals surface area contributed by atoms with Crippen LogP contribution in [0.4, 0.5) is 5.69 Å². The number of hydrogen-bond acceptors (Lipinski definition) is 4. The van der Waals surface area contributed by atoms with Crippen LogP contribution < -0.4 is 16.0 Å². The van der Waals surface area contributed by atoms with Gasteiger partial charge in [-0.05, 0) is 48.7 Å². The van der Waals surface area contributed by atoms with Gasteiger partial charge in [0.2, 0.25) is 11.8 Å². The summed E-state index contributed by atoms with van der Waals surface area (Å²) in [6.45, 7) is 9.59. The van der Waals surface area contributed by atoms with E-state index in [-0.39, 0.29) is 11.8 Å². The lowest BCUT2D eigenvalue weighted by Crippen LogP contribution is -2.33. The molecular formula is C23H34N4O2. The molecule has 1 aliphatic rings. The molecule has 1 aliphatic heterocycles. The lowest BCUT2D eigenvalue weighted by atomic mass is 9.96. The second-order valence-corrected chi connectivity index (χ2v) is 6.60. The van der Waals surface area contributed by atoms with E-state index in [0.29, 0.717) is 0 Å². The number of terminal acetylenes is 1. The second kappa shape index (κ2) is 14.0. The second-order valence-electron chi connectivity index (χ2n) is 6.60. The molecule has 0 saturated heterocycles. The molecule has 0 atom stereocenters. The van der Waals surface area contributed by atoms with Crippen LogP contribution in [-0.4, -0.2) is 50.4 Å². The van der Waals surface area contributed by atoms with Gasteiger partial charge in [0, 0.05) is 52.4 Å². The van der Waals surface area contributed by atoms with Crippen molar-refractivity contribution in [2.24, 2.45) is 5.73 Å². The van der Waals surface area contributed by atoms with Crippen LogP contribution in [0.1, 0.15) is 31.4 Å². The Kier molecular flexibility index (Phi) is 12.6. The number of fused-ring (bicyclic) bond motifs is 1. The van der Waals surface area contributed by atoms with Crippen molar-refractivity contribution in [1.82, 2.24) is 10.2 Å². The number of carbonyl (C=O) groups is 2. The number of rotatable bonds is 6. The quantitative estimate of drug-likeness (QED) is 0.570. The zero-order chi connectivity index (χ0) is 22.4. The normalized spacial score (nSPS) is 12.3. The lowest BCUT2D eigenvalue weighted by Gasteiger charge is -2.29. The Morgan fingerprint density at radius 2 is 1.97 bits per heavy atom. The third kappa shape index (κ3) is 9.13. The molecule has 0 aromatic heterocycles. The van der Waals surface area contributed by atoms with Gasteiger partial charge in [0.15, 0.2) is 0 Å². The van der Waals surface area contributed by atoms with Gasteiger partial charge in [0.05, 0.1) is 0 Å². The van der Waals surface area contributed by atoms with Gasteiger partial charge in [0.25, 0.3) is 0 Å². The zero-order valence-corrected chi connectivity index (χ0v) is 18.1. The van der Waals surface area contributed by atoms with Crippen molar-refractivity contribution in [2.45, 2.75) is 26.7 Å². The van der Waals surface area contributed by atoms with E-state index >= 15 is 0 Å². The minimum atomic E-state index is -0.333. The van der Waals surface area contributed by atoms with E-state index in [4.69, 9.17) is 0 Å². The van der Waals surface area contributed by atoms with Crippen LogP contribution >= 0.6 is 0 Å². The maximum atomic E-state index is 11.8. The molecule has 0 unspecified atom stereocenters. The first-order chi connectivity index (χ1) is 13.8. The number of amides is 2. The highest BCUT2D eigenvalue weighted by atomic mass is 16.2. The number of allylic oxidation sites excluding steroid dienone is 2. The summed E-state index contributed by atoms with van der Waals surface area (Å²) in [6, 6.07) is 6.35. The fourth-order valence-corrected chi connectivity index (χ4v) is 2.94. The first-order valence-corrected chi connectivity index (χ1v) is 9.50. The molecule has 1 aromatic rings. The van der Waals surface area contributed by atoms with E-state index in [9.17, 15) is 9.59 Å². The predicted octanol–water partition coefficient (Wildman–Crippen LogP) is 2.40. The number of nitrogens with zero attached hydrogens (tertiary/aromatic N) is 2. The molecule has 0 saturated carbocycles. The number of hydrogen-bond donors (Lipinski definition) is 2. The fraction of sp³-hybridized carbons (Fsp3) is 0.391. The molecule has 2 amide bonds. The van der Waals surface area contributed by atoms with Gasteiger partial charge >= 0.3 is 0 Å². The number of anilines is 1. The van der Waals surface area contributed by atoms with Crippen molar-refractivity contribution in [1.29, 1.82) is 0 Å².